The zero-order valence-corrected chi connectivity index (χ0v) is 18.6. The number of nitrogens with zero attached hydrogens (tertiary/aromatic N) is 1. The molecular formula is C25H20BrNO4. The highest BCUT2D eigenvalue weighted by atomic mass is 79.9. The molecule has 0 saturated carbocycles. The van der Waals surface area contributed by atoms with E-state index in [9.17, 15) is 14.7 Å². The minimum Gasteiger partial charge on any atom is -0.507 e. The smallest absolute Gasteiger partial charge is 0.300 e. The lowest BCUT2D eigenvalue weighted by atomic mass is 9.92. The van der Waals surface area contributed by atoms with Crippen LogP contribution in [0, 0.1) is 6.92 Å². The van der Waals surface area contributed by atoms with Gasteiger partial charge >= 0.3 is 0 Å². The largest absolute Gasteiger partial charge is 0.507 e. The third-order valence-corrected chi connectivity index (χ3v) is 6.01. The van der Waals surface area contributed by atoms with Crippen LogP contribution >= 0.6 is 15.9 Å². The van der Waals surface area contributed by atoms with Crippen LogP contribution < -0.4 is 9.64 Å². The summed E-state index contributed by atoms with van der Waals surface area (Å²) in [6.07, 6.45) is 0. The maximum Gasteiger partial charge on any atom is 0.300 e. The Morgan fingerprint density at radius 2 is 1.68 bits per heavy atom. The molecule has 1 aliphatic heterocycles. The summed E-state index contributed by atoms with van der Waals surface area (Å²) < 4.78 is 5.88. The quantitative estimate of drug-likeness (QED) is 0.310. The van der Waals surface area contributed by atoms with Gasteiger partial charge < -0.3 is 9.84 Å². The van der Waals surface area contributed by atoms with Crippen molar-refractivity contribution in [2.45, 2.75) is 13.0 Å². The van der Waals surface area contributed by atoms with Crippen LogP contribution in [0.15, 0.2) is 82.8 Å². The first-order valence-electron chi connectivity index (χ1n) is 9.69. The first-order chi connectivity index (χ1) is 14.9. The number of methoxy groups -OCH3 is 1. The summed E-state index contributed by atoms with van der Waals surface area (Å²) in [4.78, 5) is 27.7. The Kier molecular flexibility index (Phi) is 5.65. The van der Waals surface area contributed by atoms with E-state index in [2.05, 4.69) is 15.9 Å². The summed E-state index contributed by atoms with van der Waals surface area (Å²) >= 11 is 3.41. The molecule has 156 valence electrons. The van der Waals surface area contributed by atoms with Crippen LogP contribution in [0.3, 0.4) is 0 Å². The molecule has 0 aromatic heterocycles. The summed E-state index contributed by atoms with van der Waals surface area (Å²) in [7, 11) is 1.54. The van der Waals surface area contributed by atoms with Crippen LogP contribution in [0.1, 0.15) is 22.7 Å². The monoisotopic (exact) mass is 477 g/mol. The maximum atomic E-state index is 13.2. The average Bonchev–Trinajstić information content (AvgIpc) is 3.04. The highest BCUT2D eigenvalue weighted by Crippen LogP contribution is 2.43. The maximum absolute atomic E-state index is 13.2. The number of aliphatic hydroxyl groups excluding tert-OH is 1. The molecule has 0 radical (unpaired) electrons. The predicted molar refractivity (Wildman–Crippen MR) is 123 cm³/mol. The summed E-state index contributed by atoms with van der Waals surface area (Å²) in [5.41, 5.74) is 2.75. The van der Waals surface area contributed by atoms with Gasteiger partial charge in [0.05, 0.1) is 23.2 Å². The molecule has 1 fully saturated rings. The zero-order valence-electron chi connectivity index (χ0n) is 17.0. The number of rotatable bonds is 4. The molecule has 3 aromatic carbocycles. The number of amides is 1. The lowest BCUT2D eigenvalue weighted by molar-refractivity contribution is -0.132. The summed E-state index contributed by atoms with van der Waals surface area (Å²) in [6.45, 7) is 1.92. The van der Waals surface area contributed by atoms with Gasteiger partial charge in [0.1, 0.15) is 11.5 Å². The van der Waals surface area contributed by atoms with Crippen LogP contribution in [0.4, 0.5) is 5.69 Å². The van der Waals surface area contributed by atoms with Crippen LogP contribution in [0.5, 0.6) is 5.75 Å². The van der Waals surface area contributed by atoms with E-state index >= 15 is 0 Å². The lowest BCUT2D eigenvalue weighted by Crippen LogP contribution is -2.29. The number of halogens is 1. The second-order valence-corrected chi connectivity index (χ2v) is 8.06. The van der Waals surface area contributed by atoms with Crippen LogP contribution in [0.2, 0.25) is 0 Å². The third kappa shape index (κ3) is 3.64. The minimum absolute atomic E-state index is 0.0558. The Labute approximate surface area is 188 Å². The third-order valence-electron chi connectivity index (χ3n) is 5.39. The molecule has 1 atom stereocenters. The van der Waals surface area contributed by atoms with Gasteiger partial charge in [0.25, 0.3) is 11.7 Å². The van der Waals surface area contributed by atoms with E-state index in [0.29, 0.717) is 21.5 Å². The van der Waals surface area contributed by atoms with Crippen molar-refractivity contribution in [3.8, 4) is 5.75 Å². The molecule has 1 unspecified atom stereocenters. The molecular weight excluding hydrogens is 458 g/mol. The van der Waals surface area contributed by atoms with Crippen molar-refractivity contribution in [1.82, 2.24) is 0 Å². The molecule has 6 heteroatoms. The standard InChI is InChI=1S/C25H20BrNO4/c1-15-8-6-7-11-18(15)22-21(23(28)16-12-13-20(31-2)19(26)14-16)24(29)25(30)27(22)17-9-4-3-5-10-17/h3-14,22,28H,1-2H3/b23-21+. The fourth-order valence-corrected chi connectivity index (χ4v) is 4.39. The molecule has 1 saturated heterocycles. The normalized spacial score (nSPS) is 17.8. The van der Waals surface area contributed by atoms with Crippen molar-refractivity contribution in [1.29, 1.82) is 0 Å². The van der Waals surface area contributed by atoms with Gasteiger partial charge in [-0.3, -0.25) is 14.5 Å². The van der Waals surface area contributed by atoms with Gasteiger partial charge in [0.15, 0.2) is 0 Å². The molecule has 4 rings (SSSR count). The van der Waals surface area contributed by atoms with Gasteiger partial charge in [-0.05, 0) is 64.3 Å². The van der Waals surface area contributed by atoms with Crippen molar-refractivity contribution in [3.05, 3.63) is 99.5 Å². The molecule has 3 aromatic rings. The van der Waals surface area contributed by atoms with Crippen molar-refractivity contribution in [2.24, 2.45) is 0 Å². The number of aryl methyl sites for hydroxylation is 1. The molecule has 1 N–H and O–H groups in total. The molecule has 0 aliphatic carbocycles. The molecule has 1 heterocycles. The van der Waals surface area contributed by atoms with E-state index in [0.717, 1.165) is 11.1 Å². The number of carbonyl (C=O) groups is 2. The highest BCUT2D eigenvalue weighted by Gasteiger charge is 2.47. The number of benzene rings is 3. The zero-order chi connectivity index (χ0) is 22.1. The van der Waals surface area contributed by atoms with Gasteiger partial charge in [-0.2, -0.15) is 0 Å². The summed E-state index contributed by atoms with van der Waals surface area (Å²) in [5, 5.41) is 11.2. The Balaban J connectivity index is 1.96. The van der Waals surface area contributed by atoms with E-state index in [1.165, 1.54) is 4.90 Å². The Morgan fingerprint density at radius 3 is 2.32 bits per heavy atom. The van der Waals surface area contributed by atoms with E-state index in [4.69, 9.17) is 4.74 Å². The van der Waals surface area contributed by atoms with Gasteiger partial charge in [0, 0.05) is 11.3 Å². The number of hydrogen-bond donors (Lipinski definition) is 1. The Morgan fingerprint density at radius 1 is 1.00 bits per heavy atom. The van der Waals surface area contributed by atoms with Crippen molar-refractivity contribution >= 4 is 39.1 Å². The second-order valence-electron chi connectivity index (χ2n) is 7.21. The van der Waals surface area contributed by atoms with Gasteiger partial charge in [-0.15, -0.1) is 0 Å². The number of aliphatic hydroxyl groups is 1. The molecule has 1 aliphatic rings. The predicted octanol–water partition coefficient (Wildman–Crippen LogP) is 5.39. The van der Waals surface area contributed by atoms with Crippen molar-refractivity contribution in [3.63, 3.8) is 0 Å². The highest BCUT2D eigenvalue weighted by molar-refractivity contribution is 9.10. The topological polar surface area (TPSA) is 66.8 Å². The number of hydrogen-bond acceptors (Lipinski definition) is 4. The number of Topliss-reactive ketones (excluding diaryl/α,β-unsaturated/α-hetero) is 1. The summed E-state index contributed by atoms with van der Waals surface area (Å²) in [6, 6.07) is 20.8. The molecule has 1 amide bonds. The van der Waals surface area contributed by atoms with Gasteiger partial charge in [0.2, 0.25) is 0 Å². The Hall–Kier alpha value is -3.38. The number of carbonyl (C=O) groups excluding carboxylic acids is 2. The fourth-order valence-electron chi connectivity index (χ4n) is 3.84. The van der Waals surface area contributed by atoms with Gasteiger partial charge in [-0.25, -0.2) is 0 Å². The number of anilines is 1. The van der Waals surface area contributed by atoms with Crippen LogP contribution in [-0.4, -0.2) is 23.9 Å². The number of ether oxygens (including phenoxy) is 1. The van der Waals surface area contributed by atoms with E-state index in [-0.39, 0.29) is 11.3 Å². The van der Waals surface area contributed by atoms with E-state index < -0.39 is 17.7 Å². The molecule has 0 spiro atoms. The first-order valence-corrected chi connectivity index (χ1v) is 10.5. The Bertz CT molecular complexity index is 1200. The van der Waals surface area contributed by atoms with Crippen LogP contribution in [0.25, 0.3) is 5.76 Å². The second kappa shape index (κ2) is 8.40. The minimum atomic E-state index is -0.746. The average molecular weight is 478 g/mol. The first kappa shape index (κ1) is 20.9. The van der Waals surface area contributed by atoms with E-state index in [1.54, 1.807) is 37.4 Å². The molecule has 5 nitrogen and oxygen atoms in total. The van der Waals surface area contributed by atoms with E-state index in [1.807, 2.05) is 49.4 Å². The van der Waals surface area contributed by atoms with Crippen molar-refractivity contribution < 1.29 is 19.4 Å². The van der Waals surface area contributed by atoms with Crippen molar-refractivity contribution in [2.75, 3.05) is 12.0 Å². The molecule has 31 heavy (non-hydrogen) atoms. The SMILES string of the molecule is COc1ccc(/C(O)=C2\C(=O)C(=O)N(c3ccccc3)C2c2ccccc2C)cc1Br. The lowest BCUT2D eigenvalue weighted by Gasteiger charge is -2.26. The number of ketones is 1. The fraction of sp³-hybridized carbons (Fsp3) is 0.120. The summed E-state index contributed by atoms with van der Waals surface area (Å²) in [5.74, 6) is -1.03. The van der Waals surface area contributed by atoms with Crippen LogP contribution in [-0.2, 0) is 9.59 Å². The van der Waals surface area contributed by atoms with Gasteiger partial charge in [-0.1, -0.05) is 42.5 Å². The number of para-hydroxylation sites is 1. The molecule has 0 bridgehead atoms.